The molecule has 4 nitrogen and oxygen atoms in total. The highest BCUT2D eigenvalue weighted by Crippen LogP contribution is 2.40. The molecular weight excluding hydrogens is 252 g/mol. The topological polar surface area (TPSA) is 33.7 Å². The summed E-state index contributed by atoms with van der Waals surface area (Å²) in [4.78, 5) is 2.65. The number of hydrogen-bond donors (Lipinski definition) is 1. The monoisotopic (exact) mass is 274 g/mol. The number of likely N-dealkylation sites (tertiary alicyclic amines) is 1. The molecule has 20 heavy (non-hydrogen) atoms. The molecule has 4 atom stereocenters. The smallest absolute Gasteiger partial charge is 0.231 e. The second kappa shape index (κ2) is 4.64. The molecule has 3 aliphatic heterocycles. The van der Waals surface area contributed by atoms with Crippen molar-refractivity contribution in [3.63, 3.8) is 0 Å². The van der Waals surface area contributed by atoms with Crippen molar-refractivity contribution in [2.45, 2.75) is 25.9 Å². The van der Waals surface area contributed by atoms with Gasteiger partial charge in [-0.1, -0.05) is 6.07 Å². The van der Waals surface area contributed by atoms with Gasteiger partial charge in [0.1, 0.15) is 0 Å². The number of nitrogens with zero attached hydrogens (tertiary/aromatic N) is 1. The molecule has 4 rings (SSSR count). The van der Waals surface area contributed by atoms with Gasteiger partial charge in [-0.2, -0.15) is 0 Å². The van der Waals surface area contributed by atoms with E-state index in [0.717, 1.165) is 23.3 Å². The standard InChI is InChI=1S/C16H22N2O2/c1-10(12-3-4-15-16(5-12)20-9-19-15)18-8-13-6-17-7-14(13)11(18)2/h3-5,10-11,13-14,17H,6-9H2,1-2H3. The fraction of sp³-hybridized carbons (Fsp3) is 0.625. The van der Waals surface area contributed by atoms with Crippen LogP contribution >= 0.6 is 0 Å². The van der Waals surface area contributed by atoms with Gasteiger partial charge in [-0.05, 0) is 56.5 Å². The fourth-order valence-corrected chi connectivity index (χ4v) is 4.08. The number of fused-ring (bicyclic) bond motifs is 2. The fourth-order valence-electron chi connectivity index (χ4n) is 4.08. The van der Waals surface area contributed by atoms with E-state index in [9.17, 15) is 0 Å². The number of ether oxygens (including phenoxy) is 2. The van der Waals surface area contributed by atoms with Crippen LogP contribution in [-0.4, -0.2) is 37.4 Å². The Hall–Kier alpha value is -1.26. The Morgan fingerprint density at radius 2 is 2.10 bits per heavy atom. The number of nitrogens with one attached hydrogen (secondary N) is 1. The van der Waals surface area contributed by atoms with Crippen molar-refractivity contribution >= 4 is 0 Å². The van der Waals surface area contributed by atoms with Crippen molar-refractivity contribution in [3.05, 3.63) is 23.8 Å². The lowest BCUT2D eigenvalue weighted by atomic mass is 9.95. The molecule has 0 aliphatic carbocycles. The van der Waals surface area contributed by atoms with Crippen molar-refractivity contribution in [1.29, 1.82) is 0 Å². The predicted molar refractivity (Wildman–Crippen MR) is 77.0 cm³/mol. The van der Waals surface area contributed by atoms with Crippen molar-refractivity contribution < 1.29 is 9.47 Å². The molecule has 4 unspecified atom stereocenters. The third-order valence-electron chi connectivity index (χ3n) is 5.36. The first-order valence-corrected chi connectivity index (χ1v) is 7.60. The van der Waals surface area contributed by atoms with Gasteiger partial charge in [0.25, 0.3) is 0 Å². The van der Waals surface area contributed by atoms with Gasteiger partial charge in [0, 0.05) is 18.6 Å². The van der Waals surface area contributed by atoms with E-state index in [1.807, 2.05) is 6.07 Å². The second-order valence-electron chi connectivity index (χ2n) is 6.31. The minimum absolute atomic E-state index is 0.350. The van der Waals surface area contributed by atoms with E-state index >= 15 is 0 Å². The number of benzene rings is 1. The van der Waals surface area contributed by atoms with Crippen molar-refractivity contribution in [3.8, 4) is 11.5 Å². The van der Waals surface area contributed by atoms with Gasteiger partial charge in [-0.25, -0.2) is 0 Å². The lowest BCUT2D eigenvalue weighted by molar-refractivity contribution is 0.173. The average Bonchev–Trinajstić information content (AvgIpc) is 3.15. The molecule has 108 valence electrons. The Morgan fingerprint density at radius 1 is 1.25 bits per heavy atom. The Labute approximate surface area is 120 Å². The summed E-state index contributed by atoms with van der Waals surface area (Å²) >= 11 is 0. The van der Waals surface area contributed by atoms with E-state index in [-0.39, 0.29) is 0 Å². The molecule has 0 aromatic heterocycles. The van der Waals surface area contributed by atoms with Gasteiger partial charge < -0.3 is 14.8 Å². The molecule has 0 saturated carbocycles. The van der Waals surface area contributed by atoms with Crippen molar-refractivity contribution in [1.82, 2.24) is 10.2 Å². The molecule has 4 heteroatoms. The highest BCUT2D eigenvalue weighted by atomic mass is 16.7. The summed E-state index contributed by atoms with van der Waals surface area (Å²) in [5.74, 6) is 3.40. The van der Waals surface area contributed by atoms with Crippen LogP contribution in [0.1, 0.15) is 25.5 Å². The summed E-state index contributed by atoms with van der Waals surface area (Å²) in [5, 5.41) is 3.52. The van der Waals surface area contributed by atoms with Crippen molar-refractivity contribution in [2.75, 3.05) is 26.4 Å². The van der Waals surface area contributed by atoms with Gasteiger partial charge in [0.2, 0.25) is 6.79 Å². The molecule has 2 fully saturated rings. The largest absolute Gasteiger partial charge is 0.454 e. The first kappa shape index (κ1) is 12.5. The molecule has 0 amide bonds. The van der Waals surface area contributed by atoms with Gasteiger partial charge in [0.15, 0.2) is 11.5 Å². The number of rotatable bonds is 2. The zero-order chi connectivity index (χ0) is 13.7. The lowest BCUT2D eigenvalue weighted by Gasteiger charge is -2.31. The molecule has 2 saturated heterocycles. The van der Waals surface area contributed by atoms with E-state index in [0.29, 0.717) is 18.9 Å². The normalized spacial score (nSPS) is 33.4. The third-order valence-corrected chi connectivity index (χ3v) is 5.36. The van der Waals surface area contributed by atoms with Crippen molar-refractivity contribution in [2.24, 2.45) is 11.8 Å². The zero-order valence-electron chi connectivity index (χ0n) is 12.1. The van der Waals surface area contributed by atoms with Crippen LogP contribution in [0.25, 0.3) is 0 Å². The highest BCUT2D eigenvalue weighted by molar-refractivity contribution is 5.45. The van der Waals surface area contributed by atoms with Crippen LogP contribution in [0.3, 0.4) is 0 Å². The molecule has 3 heterocycles. The van der Waals surface area contributed by atoms with Crippen LogP contribution in [0.5, 0.6) is 11.5 Å². The molecule has 1 aromatic carbocycles. The van der Waals surface area contributed by atoms with Gasteiger partial charge in [-0.15, -0.1) is 0 Å². The van der Waals surface area contributed by atoms with Crippen LogP contribution in [0.2, 0.25) is 0 Å². The number of hydrogen-bond acceptors (Lipinski definition) is 4. The predicted octanol–water partition coefficient (Wildman–Crippen LogP) is 2.02. The quantitative estimate of drug-likeness (QED) is 0.894. The van der Waals surface area contributed by atoms with E-state index in [2.05, 4.69) is 36.2 Å². The Balaban J connectivity index is 1.57. The van der Waals surface area contributed by atoms with Crippen LogP contribution in [0.4, 0.5) is 0 Å². The highest BCUT2D eigenvalue weighted by Gasteiger charge is 2.43. The average molecular weight is 274 g/mol. The van der Waals surface area contributed by atoms with Gasteiger partial charge >= 0.3 is 0 Å². The summed E-state index contributed by atoms with van der Waals surface area (Å²) in [6, 6.07) is 7.45. The second-order valence-corrected chi connectivity index (χ2v) is 6.31. The van der Waals surface area contributed by atoms with Crippen LogP contribution in [0, 0.1) is 11.8 Å². The molecule has 0 bridgehead atoms. The maximum Gasteiger partial charge on any atom is 0.231 e. The van der Waals surface area contributed by atoms with E-state index < -0.39 is 0 Å². The first-order valence-electron chi connectivity index (χ1n) is 7.60. The molecule has 0 spiro atoms. The SMILES string of the molecule is CC(c1ccc2c(c1)OCO2)N1CC2CNCC2C1C. The Morgan fingerprint density at radius 3 is 2.95 bits per heavy atom. The van der Waals surface area contributed by atoms with Crippen LogP contribution in [-0.2, 0) is 0 Å². The minimum Gasteiger partial charge on any atom is -0.454 e. The maximum atomic E-state index is 5.50. The summed E-state index contributed by atoms with van der Waals surface area (Å²) in [5.41, 5.74) is 1.33. The van der Waals surface area contributed by atoms with Gasteiger partial charge in [-0.3, -0.25) is 4.90 Å². The zero-order valence-corrected chi connectivity index (χ0v) is 12.1. The van der Waals surface area contributed by atoms with E-state index in [4.69, 9.17) is 9.47 Å². The summed E-state index contributed by atoms with van der Waals surface area (Å²) in [7, 11) is 0. The molecular formula is C16H22N2O2. The first-order chi connectivity index (χ1) is 9.74. The molecule has 3 aliphatic rings. The van der Waals surface area contributed by atoms with Crippen LogP contribution in [0.15, 0.2) is 18.2 Å². The molecule has 1 N–H and O–H groups in total. The summed E-state index contributed by atoms with van der Waals surface area (Å²) in [6.45, 7) is 8.59. The Kier molecular flexibility index (Phi) is 2.89. The molecule has 0 radical (unpaired) electrons. The minimum atomic E-state index is 0.350. The third kappa shape index (κ3) is 1.82. The maximum absolute atomic E-state index is 5.50. The van der Waals surface area contributed by atoms with Gasteiger partial charge in [0.05, 0.1) is 0 Å². The molecule has 1 aromatic rings. The van der Waals surface area contributed by atoms with E-state index in [1.165, 1.54) is 25.2 Å². The van der Waals surface area contributed by atoms with Crippen LogP contribution < -0.4 is 14.8 Å². The lowest BCUT2D eigenvalue weighted by Crippen LogP contribution is -2.35. The van der Waals surface area contributed by atoms with E-state index in [1.54, 1.807) is 0 Å². The summed E-state index contributed by atoms with van der Waals surface area (Å²) < 4.78 is 10.9. The Bertz CT molecular complexity index is 519. The summed E-state index contributed by atoms with van der Waals surface area (Å²) in [6.07, 6.45) is 0.